The van der Waals surface area contributed by atoms with E-state index >= 15 is 0 Å². The molecule has 0 radical (unpaired) electrons. The molecule has 7 N–H and O–H groups in total. The van der Waals surface area contributed by atoms with Gasteiger partial charge in [0.05, 0.1) is 90.2 Å². The van der Waals surface area contributed by atoms with E-state index in [1.165, 1.54) is 20.2 Å². The maximum atomic E-state index is 14.6. The van der Waals surface area contributed by atoms with Gasteiger partial charge in [0.25, 0.3) is 0 Å². The molecule has 460 valence electrons. The third-order valence-corrected chi connectivity index (χ3v) is 17.6. The van der Waals surface area contributed by atoms with Gasteiger partial charge < -0.3 is 88.4 Å². The second-order valence-electron chi connectivity index (χ2n) is 24.3. The van der Waals surface area contributed by atoms with Gasteiger partial charge in [-0.1, -0.05) is 32.4 Å². The fourth-order valence-corrected chi connectivity index (χ4v) is 12.6. The van der Waals surface area contributed by atoms with Crippen molar-refractivity contribution in [2.24, 2.45) is 17.8 Å². The minimum Gasteiger partial charge on any atom is -0.477 e. The molecule has 4 fully saturated rings. The van der Waals surface area contributed by atoms with Gasteiger partial charge in [-0.2, -0.15) is 0 Å². The number of pyridine rings is 1. The number of rotatable bonds is 20. The molecule has 2 aromatic rings. The summed E-state index contributed by atoms with van der Waals surface area (Å²) in [6, 6.07) is 1.81. The first kappa shape index (κ1) is 66.5. The first-order valence-electron chi connectivity index (χ1n) is 28.8. The number of carbonyl (C=O) groups excluding carboxylic acids is 2. The summed E-state index contributed by atoms with van der Waals surface area (Å²) in [6.07, 6.45) is -4.83. The van der Waals surface area contributed by atoms with Crippen LogP contribution in [0.5, 0.6) is 0 Å². The van der Waals surface area contributed by atoms with Crippen molar-refractivity contribution in [1.82, 2.24) is 19.7 Å². The van der Waals surface area contributed by atoms with Gasteiger partial charge in [0, 0.05) is 68.7 Å². The zero-order valence-electron chi connectivity index (χ0n) is 50.0. The molecule has 3 saturated heterocycles. The average molecular weight is 1170 g/mol. The summed E-state index contributed by atoms with van der Waals surface area (Å²) < 4.78 is 52.2. The summed E-state index contributed by atoms with van der Waals surface area (Å²) in [5, 5.41) is 64.7. The molecule has 23 heteroatoms. The van der Waals surface area contributed by atoms with E-state index in [-0.39, 0.29) is 93.1 Å². The average Bonchev–Trinajstić information content (AvgIpc) is 4.44. The molecule has 6 rings (SSSR count). The van der Waals surface area contributed by atoms with E-state index in [4.69, 9.17) is 49.5 Å². The molecule has 4 aliphatic rings. The Kier molecular flexibility index (Phi) is 23.1. The Balaban J connectivity index is 1.10. The quantitative estimate of drug-likeness (QED) is 0.0707. The Hall–Kier alpha value is -3.59. The lowest BCUT2D eigenvalue weighted by Crippen LogP contribution is -2.64. The number of hydrogen-bond acceptors (Lipinski definition) is 19. The minimum absolute atomic E-state index is 0.0154. The molecule has 81 heavy (non-hydrogen) atoms. The number of nitrogens with zero attached hydrogens (tertiary/aromatic N) is 3. The molecule has 1 amide bonds. The summed E-state index contributed by atoms with van der Waals surface area (Å²) in [5.41, 5.74) is -4.37. The molecule has 0 bridgehead atoms. The molecule has 18 atom stereocenters. The highest BCUT2D eigenvalue weighted by atomic mass is 35.5. The maximum Gasteiger partial charge on any atom is 0.341 e. The Bertz CT molecular complexity index is 2500. The fraction of sp³-hybridized carbons (Fsp3) is 0.793. The van der Waals surface area contributed by atoms with Gasteiger partial charge in [-0.25, -0.2) is 4.79 Å². The topological polar surface area (TPSA) is 279 Å². The molecule has 4 heterocycles. The predicted molar refractivity (Wildman–Crippen MR) is 303 cm³/mol. The number of benzene rings is 1. The van der Waals surface area contributed by atoms with Crippen molar-refractivity contribution < 1.29 is 77.8 Å². The molecule has 22 nitrogen and oxygen atoms in total. The lowest BCUT2D eigenvalue weighted by atomic mass is 9.77. The molecule has 0 spiro atoms. The number of cyclic esters (lactones) is 1. The lowest BCUT2D eigenvalue weighted by molar-refractivity contribution is -0.311. The molecule has 1 aliphatic carbocycles. The highest BCUT2D eigenvalue weighted by molar-refractivity contribution is 6.34. The van der Waals surface area contributed by atoms with Gasteiger partial charge in [-0.15, -0.1) is 0 Å². The second kappa shape index (κ2) is 28.1. The lowest BCUT2D eigenvalue weighted by Gasteiger charge is -2.49. The molecule has 1 saturated carbocycles. The van der Waals surface area contributed by atoms with E-state index in [0.29, 0.717) is 35.7 Å². The standard InChI is InChI=1S/C58H94ClN5O17/c1-15-44-58(10,73)51(68)35(6)63(13)29-31(2)27-56(8,72)52(81-55-48(67)43(62(11)12)24-32(3)77-55)33(4)49(34(5)54(71)79-44)80-46-28-57(9,74-14)50(36(7)78-46)61-45(65)18-20-75-22-23-76-21-19-60-41-25-38-42(26-40(41)59)64(37-16-17-37)30-39(47(38)66)53(69)70/h25-26,30-37,43-44,46,48-52,55,60,67-68,72-73H,15-24,27-29H2,1-14H3,(H,61,65)(H,69,70)/t31-,32-,33+,34-,35?,36+,43+,44-,46+,48-,49+,50-,51-,52-,55+,56-,57-,58-/m1/s1. The SMILES string of the molecule is CC[C@H]1OC(=O)[C@H](C)[C@@H](O[C@H]2C[C@@](C)(OC)[C@H](NC(=O)CCOCCOCCNc3cc4c(=O)c(C(=O)O)cn(C5CC5)c4cc3Cl)[C@H](C)O2)[C@H](C)[C@@H](O[C@@H]2O[C@H](C)C[C@H](N(C)C)[C@H]2O)[C@](C)(O)C[C@@H](C)CN(C)C(C)[C@@H](O)[C@]1(C)O. The van der Waals surface area contributed by atoms with Crippen LogP contribution in [0.4, 0.5) is 5.69 Å². The minimum atomic E-state index is -1.86. The molecular formula is C58H94ClN5O17. The Morgan fingerprint density at radius 3 is 2.22 bits per heavy atom. The number of methoxy groups -OCH3 is 1. The second-order valence-corrected chi connectivity index (χ2v) is 24.7. The summed E-state index contributed by atoms with van der Waals surface area (Å²) in [4.78, 5) is 56.8. The van der Waals surface area contributed by atoms with Crippen LogP contribution in [0.2, 0.25) is 5.02 Å². The van der Waals surface area contributed by atoms with Gasteiger partial charge in [0.2, 0.25) is 11.3 Å². The third-order valence-electron chi connectivity index (χ3n) is 17.3. The first-order valence-corrected chi connectivity index (χ1v) is 29.2. The van der Waals surface area contributed by atoms with E-state index in [2.05, 4.69) is 10.6 Å². The van der Waals surface area contributed by atoms with Crippen LogP contribution in [0, 0.1) is 17.8 Å². The maximum absolute atomic E-state index is 14.6. The van der Waals surface area contributed by atoms with Crippen molar-refractivity contribution in [2.75, 3.05) is 73.1 Å². The smallest absolute Gasteiger partial charge is 0.341 e. The number of likely N-dealkylation sites (N-methyl/N-ethyl adjacent to an activating group) is 2. The van der Waals surface area contributed by atoms with E-state index in [1.807, 2.05) is 56.3 Å². The number of hydrogen-bond donors (Lipinski definition) is 7. The Labute approximate surface area is 482 Å². The van der Waals surface area contributed by atoms with Crippen molar-refractivity contribution in [1.29, 1.82) is 0 Å². The van der Waals surface area contributed by atoms with Crippen molar-refractivity contribution in [3.05, 3.63) is 39.1 Å². The van der Waals surface area contributed by atoms with Crippen LogP contribution in [-0.4, -0.2) is 216 Å². The van der Waals surface area contributed by atoms with Crippen LogP contribution in [-0.2, 0) is 47.5 Å². The van der Waals surface area contributed by atoms with E-state index in [9.17, 15) is 44.7 Å². The number of fused-ring (bicyclic) bond motifs is 1. The van der Waals surface area contributed by atoms with Crippen molar-refractivity contribution in [3.8, 4) is 0 Å². The largest absolute Gasteiger partial charge is 0.477 e. The number of ether oxygens (including phenoxy) is 8. The highest BCUT2D eigenvalue weighted by Crippen LogP contribution is 2.42. The van der Waals surface area contributed by atoms with Gasteiger partial charge in [0.15, 0.2) is 12.6 Å². The number of amides is 1. The van der Waals surface area contributed by atoms with Crippen molar-refractivity contribution in [2.45, 2.75) is 210 Å². The van der Waals surface area contributed by atoms with Gasteiger partial charge in [-0.3, -0.25) is 14.4 Å². The van der Waals surface area contributed by atoms with Crippen molar-refractivity contribution >= 4 is 46.0 Å². The molecule has 1 aromatic heterocycles. The number of halogens is 1. The van der Waals surface area contributed by atoms with E-state index in [1.54, 1.807) is 53.7 Å². The number of aromatic nitrogens is 1. The molecule has 1 unspecified atom stereocenters. The fourth-order valence-electron chi connectivity index (χ4n) is 12.3. The normalized spacial score (nSPS) is 36.9. The summed E-state index contributed by atoms with van der Waals surface area (Å²) >= 11 is 6.59. The van der Waals surface area contributed by atoms with E-state index < -0.39 is 107 Å². The van der Waals surface area contributed by atoms with Gasteiger partial charge >= 0.3 is 11.9 Å². The van der Waals surface area contributed by atoms with E-state index in [0.717, 1.165) is 12.8 Å². The van der Waals surface area contributed by atoms with Crippen LogP contribution in [0.1, 0.15) is 131 Å². The summed E-state index contributed by atoms with van der Waals surface area (Å²) in [5.74, 6) is -4.46. The molecular weight excluding hydrogens is 1070 g/mol. The monoisotopic (exact) mass is 1170 g/mol. The number of carboxylic acid groups (broad SMARTS) is 1. The van der Waals surface area contributed by atoms with Crippen LogP contribution in [0.25, 0.3) is 10.9 Å². The Morgan fingerprint density at radius 2 is 1.60 bits per heavy atom. The van der Waals surface area contributed by atoms with Crippen LogP contribution < -0.4 is 16.1 Å². The van der Waals surface area contributed by atoms with Gasteiger partial charge in [-0.05, 0) is 120 Å². The Morgan fingerprint density at radius 1 is 0.938 bits per heavy atom. The molecule has 1 aromatic carbocycles. The number of aliphatic hydroxyl groups excluding tert-OH is 2. The first-order chi connectivity index (χ1) is 38.0. The zero-order chi connectivity index (χ0) is 60.1. The number of esters is 1. The summed E-state index contributed by atoms with van der Waals surface area (Å²) in [6.45, 7) is 19.1. The third kappa shape index (κ3) is 16.0. The number of aromatic carboxylic acids is 1. The number of carboxylic acids is 1. The van der Waals surface area contributed by atoms with Crippen molar-refractivity contribution in [3.63, 3.8) is 0 Å². The predicted octanol–water partition coefficient (Wildman–Crippen LogP) is 4.56. The zero-order valence-corrected chi connectivity index (χ0v) is 50.8. The van der Waals surface area contributed by atoms with Crippen LogP contribution in [0.3, 0.4) is 0 Å². The number of anilines is 1. The number of aliphatic hydroxyl groups is 4. The molecule has 3 aliphatic heterocycles. The van der Waals surface area contributed by atoms with Crippen LogP contribution >= 0.6 is 11.6 Å². The van der Waals surface area contributed by atoms with Crippen LogP contribution in [0.15, 0.2) is 23.1 Å². The number of nitrogens with one attached hydrogen (secondary N) is 2. The highest BCUT2D eigenvalue weighted by Gasteiger charge is 2.53. The summed E-state index contributed by atoms with van der Waals surface area (Å²) in [7, 11) is 7.10. The number of carbonyl (C=O) groups is 3. The van der Waals surface area contributed by atoms with Gasteiger partial charge in [0.1, 0.15) is 29.5 Å².